The van der Waals surface area contributed by atoms with Gasteiger partial charge in [-0.25, -0.2) is 0 Å². The van der Waals surface area contributed by atoms with Crippen molar-refractivity contribution in [3.05, 3.63) is 35.4 Å². The molecule has 2 unspecified atom stereocenters. The maximum Gasteiger partial charge on any atom is 0.306 e. The molecule has 0 aliphatic carbocycles. The monoisotopic (exact) mass is 265 g/mol. The third kappa shape index (κ3) is 4.33. The molecule has 0 aliphatic rings. The highest BCUT2D eigenvalue weighted by molar-refractivity contribution is 5.70. The van der Waals surface area contributed by atoms with Gasteiger partial charge >= 0.3 is 5.97 Å². The Kier molecular flexibility index (Phi) is 6.53. The molecule has 4 heteroatoms. The number of carbonyl (C=O) groups is 1. The first kappa shape index (κ1) is 15.7. The van der Waals surface area contributed by atoms with Gasteiger partial charge in [-0.05, 0) is 17.5 Å². The molecule has 0 fully saturated rings. The van der Waals surface area contributed by atoms with Crippen molar-refractivity contribution in [1.82, 2.24) is 0 Å². The van der Waals surface area contributed by atoms with Crippen molar-refractivity contribution in [2.45, 2.75) is 38.3 Å². The minimum Gasteiger partial charge on any atom is -0.469 e. The molecule has 4 nitrogen and oxygen atoms in total. The van der Waals surface area contributed by atoms with Gasteiger partial charge in [-0.2, -0.15) is 0 Å². The van der Waals surface area contributed by atoms with Crippen molar-refractivity contribution in [3.8, 4) is 0 Å². The summed E-state index contributed by atoms with van der Waals surface area (Å²) in [5.74, 6) is -0.273. The summed E-state index contributed by atoms with van der Waals surface area (Å²) in [7, 11) is 3.06. The maximum absolute atomic E-state index is 11.6. The fourth-order valence-electron chi connectivity index (χ4n) is 2.22. The molecular formula is C15H23NO3. The summed E-state index contributed by atoms with van der Waals surface area (Å²) >= 11 is 0. The first-order chi connectivity index (χ1) is 9.13. The predicted octanol–water partition coefficient (Wildman–Crippen LogP) is 2.22. The van der Waals surface area contributed by atoms with Crippen LogP contribution in [0.5, 0.6) is 0 Å². The highest BCUT2D eigenvalue weighted by atomic mass is 16.5. The molecule has 1 aromatic carbocycles. The van der Waals surface area contributed by atoms with Gasteiger partial charge in [0.2, 0.25) is 0 Å². The largest absolute Gasteiger partial charge is 0.469 e. The lowest BCUT2D eigenvalue weighted by atomic mass is 9.85. The number of carbonyl (C=O) groups excluding carboxylic acids is 1. The van der Waals surface area contributed by atoms with Gasteiger partial charge in [-0.15, -0.1) is 0 Å². The number of hydrogen-bond acceptors (Lipinski definition) is 4. The molecule has 0 amide bonds. The van der Waals surface area contributed by atoms with E-state index in [0.29, 0.717) is 13.0 Å². The van der Waals surface area contributed by atoms with Crippen LogP contribution in [0.2, 0.25) is 0 Å². The van der Waals surface area contributed by atoms with Crippen LogP contribution < -0.4 is 5.73 Å². The zero-order valence-electron chi connectivity index (χ0n) is 11.9. The smallest absolute Gasteiger partial charge is 0.306 e. The third-order valence-electron chi connectivity index (χ3n) is 3.36. The normalized spacial score (nSPS) is 13.9. The topological polar surface area (TPSA) is 61.6 Å². The Bertz CT molecular complexity index is 406. The van der Waals surface area contributed by atoms with Crippen molar-refractivity contribution in [2.24, 2.45) is 5.73 Å². The lowest BCUT2D eigenvalue weighted by molar-refractivity contribution is -0.141. The second kappa shape index (κ2) is 7.92. The summed E-state index contributed by atoms with van der Waals surface area (Å²) in [6.45, 7) is 2.54. The second-order valence-electron chi connectivity index (χ2n) is 4.59. The van der Waals surface area contributed by atoms with Gasteiger partial charge in [0.05, 0.1) is 20.1 Å². The fraction of sp³-hybridized carbons (Fsp3) is 0.533. The third-order valence-corrected chi connectivity index (χ3v) is 3.36. The molecule has 1 aromatic rings. The first-order valence-corrected chi connectivity index (χ1v) is 6.53. The molecule has 0 saturated heterocycles. The Morgan fingerprint density at radius 3 is 2.58 bits per heavy atom. The van der Waals surface area contributed by atoms with Gasteiger partial charge < -0.3 is 15.2 Å². The van der Waals surface area contributed by atoms with Crippen LogP contribution in [0.4, 0.5) is 0 Å². The van der Waals surface area contributed by atoms with Crippen LogP contribution in [0.15, 0.2) is 24.3 Å². The number of esters is 1. The summed E-state index contributed by atoms with van der Waals surface area (Å²) in [6.07, 6.45) is 1.11. The molecule has 2 atom stereocenters. The molecule has 106 valence electrons. The Labute approximate surface area is 114 Å². The zero-order chi connectivity index (χ0) is 14.3. The summed E-state index contributed by atoms with van der Waals surface area (Å²) in [5, 5.41) is 0. The second-order valence-corrected chi connectivity index (χ2v) is 4.59. The SMILES string of the molecule is CCC(N)C(CC(=O)OC)c1ccccc1COC. The summed E-state index contributed by atoms with van der Waals surface area (Å²) in [5.41, 5.74) is 8.31. The molecule has 0 saturated carbocycles. The molecule has 0 heterocycles. The molecule has 0 aromatic heterocycles. The number of ether oxygens (including phenoxy) is 2. The first-order valence-electron chi connectivity index (χ1n) is 6.53. The Hall–Kier alpha value is -1.39. The lowest BCUT2D eigenvalue weighted by Crippen LogP contribution is -2.30. The number of benzene rings is 1. The quantitative estimate of drug-likeness (QED) is 0.768. The van der Waals surface area contributed by atoms with E-state index in [-0.39, 0.29) is 17.9 Å². The molecule has 0 spiro atoms. The van der Waals surface area contributed by atoms with E-state index in [1.54, 1.807) is 7.11 Å². The van der Waals surface area contributed by atoms with Crippen molar-refractivity contribution in [3.63, 3.8) is 0 Å². The standard InChI is InChI=1S/C15H23NO3/c1-4-14(16)13(9-15(17)19-3)12-8-6-5-7-11(12)10-18-2/h5-8,13-14H,4,9-10,16H2,1-3H3. The van der Waals surface area contributed by atoms with Crippen molar-refractivity contribution < 1.29 is 14.3 Å². The molecule has 1 rings (SSSR count). The van der Waals surface area contributed by atoms with E-state index in [1.807, 2.05) is 31.2 Å². The number of nitrogens with two attached hydrogens (primary N) is 1. The number of hydrogen-bond donors (Lipinski definition) is 1. The van der Waals surface area contributed by atoms with Gasteiger partial charge in [0, 0.05) is 19.1 Å². The van der Waals surface area contributed by atoms with E-state index in [9.17, 15) is 4.79 Å². The van der Waals surface area contributed by atoms with Crippen LogP contribution in [0, 0.1) is 0 Å². The Morgan fingerprint density at radius 1 is 1.32 bits per heavy atom. The minimum absolute atomic E-state index is 0.0381. The van der Waals surface area contributed by atoms with Crippen LogP contribution in [0.25, 0.3) is 0 Å². The van der Waals surface area contributed by atoms with E-state index >= 15 is 0 Å². The van der Waals surface area contributed by atoms with Crippen LogP contribution in [-0.2, 0) is 20.9 Å². The Morgan fingerprint density at radius 2 is 2.00 bits per heavy atom. The number of rotatable bonds is 7. The number of methoxy groups -OCH3 is 2. The minimum atomic E-state index is -0.235. The fourth-order valence-corrected chi connectivity index (χ4v) is 2.22. The van der Waals surface area contributed by atoms with Crippen molar-refractivity contribution in [1.29, 1.82) is 0 Å². The zero-order valence-corrected chi connectivity index (χ0v) is 11.9. The van der Waals surface area contributed by atoms with E-state index in [2.05, 4.69) is 0 Å². The summed E-state index contributed by atoms with van der Waals surface area (Å²) < 4.78 is 9.98. The summed E-state index contributed by atoms with van der Waals surface area (Å²) in [6, 6.07) is 7.87. The van der Waals surface area contributed by atoms with E-state index in [4.69, 9.17) is 15.2 Å². The Balaban J connectivity index is 3.05. The van der Waals surface area contributed by atoms with Gasteiger partial charge in [0.25, 0.3) is 0 Å². The van der Waals surface area contributed by atoms with Gasteiger partial charge in [-0.3, -0.25) is 4.79 Å². The van der Waals surface area contributed by atoms with Crippen LogP contribution >= 0.6 is 0 Å². The molecular weight excluding hydrogens is 242 g/mol. The van der Waals surface area contributed by atoms with E-state index in [0.717, 1.165) is 17.5 Å². The van der Waals surface area contributed by atoms with Crippen molar-refractivity contribution in [2.75, 3.05) is 14.2 Å². The van der Waals surface area contributed by atoms with Crippen LogP contribution in [0.3, 0.4) is 0 Å². The average molecular weight is 265 g/mol. The molecule has 0 aliphatic heterocycles. The van der Waals surface area contributed by atoms with E-state index < -0.39 is 0 Å². The maximum atomic E-state index is 11.6. The van der Waals surface area contributed by atoms with E-state index in [1.165, 1.54) is 7.11 Å². The molecule has 2 N–H and O–H groups in total. The lowest BCUT2D eigenvalue weighted by Gasteiger charge is -2.24. The molecule has 0 radical (unpaired) electrons. The van der Waals surface area contributed by atoms with Gasteiger partial charge in [0.1, 0.15) is 0 Å². The molecule has 0 bridgehead atoms. The average Bonchev–Trinajstić information content (AvgIpc) is 2.45. The van der Waals surface area contributed by atoms with Gasteiger partial charge in [-0.1, -0.05) is 31.2 Å². The summed E-state index contributed by atoms with van der Waals surface area (Å²) in [4.78, 5) is 11.6. The molecule has 19 heavy (non-hydrogen) atoms. The highest BCUT2D eigenvalue weighted by Gasteiger charge is 2.24. The van der Waals surface area contributed by atoms with Gasteiger partial charge in [0.15, 0.2) is 0 Å². The predicted molar refractivity (Wildman–Crippen MR) is 74.8 cm³/mol. The van der Waals surface area contributed by atoms with Crippen LogP contribution in [-0.4, -0.2) is 26.2 Å². The highest BCUT2D eigenvalue weighted by Crippen LogP contribution is 2.28. The van der Waals surface area contributed by atoms with Crippen molar-refractivity contribution >= 4 is 5.97 Å². The van der Waals surface area contributed by atoms with Crippen LogP contribution in [0.1, 0.15) is 36.8 Å².